The number of halogens is 8. The number of anilines is 1. The first-order chi connectivity index (χ1) is 17.8. The summed E-state index contributed by atoms with van der Waals surface area (Å²) < 4.78 is 96.6. The number of hydrogen-bond donors (Lipinski definition) is 1. The lowest BCUT2D eigenvalue weighted by Crippen LogP contribution is -2.44. The Balaban J connectivity index is 1.77. The summed E-state index contributed by atoms with van der Waals surface area (Å²) in [5.41, 5.74) is 3.86. The van der Waals surface area contributed by atoms with E-state index in [4.69, 9.17) is 11.6 Å². The lowest BCUT2D eigenvalue weighted by atomic mass is 9.86. The van der Waals surface area contributed by atoms with Crippen LogP contribution in [0.1, 0.15) is 29.2 Å². The maximum Gasteiger partial charge on any atom is 0.461 e. The largest absolute Gasteiger partial charge is 0.461 e. The van der Waals surface area contributed by atoms with Gasteiger partial charge in [-0.3, -0.25) is 0 Å². The summed E-state index contributed by atoms with van der Waals surface area (Å²) in [6.07, 6.45) is -15.7. The highest BCUT2D eigenvalue weighted by Gasteiger charge is 2.44. The van der Waals surface area contributed by atoms with Gasteiger partial charge in [0, 0.05) is 10.7 Å². The van der Waals surface area contributed by atoms with Gasteiger partial charge in [0.25, 0.3) is 0 Å². The quantitative estimate of drug-likeness (QED) is 0.297. The summed E-state index contributed by atoms with van der Waals surface area (Å²) >= 11 is 6.15. The SMILES string of the molecule is Cc1cc(-c2cccc3c2CCC(c2cccc(OC(F)(F)C(F)F)c2)N3CC(O)C(F)(F)F)ccc1Cl. The first-order valence-electron chi connectivity index (χ1n) is 11.6. The Hall–Kier alpha value is -2.98. The zero-order valence-electron chi connectivity index (χ0n) is 20.0. The molecule has 0 bridgehead atoms. The van der Waals surface area contributed by atoms with Crippen molar-refractivity contribution in [3.05, 3.63) is 82.4 Å². The van der Waals surface area contributed by atoms with E-state index in [9.17, 15) is 35.8 Å². The molecular formula is C27H23ClF7NO2. The van der Waals surface area contributed by atoms with Crippen molar-refractivity contribution in [2.24, 2.45) is 0 Å². The molecule has 0 spiro atoms. The van der Waals surface area contributed by atoms with Gasteiger partial charge in [0.05, 0.1) is 12.6 Å². The Labute approximate surface area is 219 Å². The van der Waals surface area contributed by atoms with Gasteiger partial charge in [0.1, 0.15) is 5.75 Å². The van der Waals surface area contributed by atoms with E-state index in [1.807, 2.05) is 19.1 Å². The highest BCUT2D eigenvalue weighted by atomic mass is 35.5. The predicted molar refractivity (Wildman–Crippen MR) is 130 cm³/mol. The fraction of sp³-hybridized carbons (Fsp3) is 0.333. The number of aliphatic hydroxyl groups excluding tert-OH is 1. The number of fused-ring (bicyclic) bond motifs is 1. The molecular weight excluding hydrogens is 539 g/mol. The number of benzene rings is 3. The molecule has 3 nitrogen and oxygen atoms in total. The monoisotopic (exact) mass is 561 g/mol. The molecule has 0 aromatic heterocycles. The third-order valence-corrected chi connectivity index (χ3v) is 6.90. The number of ether oxygens (including phenoxy) is 1. The summed E-state index contributed by atoms with van der Waals surface area (Å²) in [5.74, 6) is -0.555. The predicted octanol–water partition coefficient (Wildman–Crippen LogP) is 7.97. The fourth-order valence-corrected chi connectivity index (χ4v) is 4.76. The van der Waals surface area contributed by atoms with Crippen LogP contribution < -0.4 is 9.64 Å². The first-order valence-corrected chi connectivity index (χ1v) is 12.0. The molecule has 0 saturated heterocycles. The molecule has 0 aliphatic carbocycles. The first kappa shape index (κ1) is 28.0. The molecule has 0 fully saturated rings. The van der Waals surface area contributed by atoms with Crippen molar-refractivity contribution in [1.82, 2.24) is 0 Å². The maximum absolute atomic E-state index is 13.5. The van der Waals surface area contributed by atoms with E-state index in [1.165, 1.54) is 17.0 Å². The molecule has 2 unspecified atom stereocenters. The molecule has 3 aromatic carbocycles. The molecule has 3 aromatic rings. The van der Waals surface area contributed by atoms with Crippen LogP contribution in [0.15, 0.2) is 60.7 Å². The van der Waals surface area contributed by atoms with Gasteiger partial charge in [-0.05, 0) is 77.9 Å². The molecule has 1 aliphatic heterocycles. The lowest BCUT2D eigenvalue weighted by molar-refractivity contribution is -0.253. The number of nitrogens with zero attached hydrogens (tertiary/aromatic N) is 1. The number of aryl methyl sites for hydroxylation is 1. The topological polar surface area (TPSA) is 32.7 Å². The fourth-order valence-electron chi connectivity index (χ4n) is 4.64. The Morgan fingerprint density at radius 3 is 2.39 bits per heavy atom. The molecule has 0 saturated carbocycles. The van der Waals surface area contributed by atoms with E-state index < -0.39 is 43.2 Å². The minimum atomic E-state index is -4.91. The summed E-state index contributed by atoms with van der Waals surface area (Å²) in [6, 6.07) is 14.7. The number of hydrogen-bond acceptors (Lipinski definition) is 3. The van der Waals surface area contributed by atoms with E-state index in [0.717, 1.165) is 34.4 Å². The Kier molecular flexibility index (Phi) is 7.86. The standard InChI is InChI=1S/C27H23ClF7NO2/c1-15-12-16(8-10-21(15)28)19-6-3-7-23-20(19)9-11-22(36(23)14-24(37)26(31,32)33)17-4-2-5-18(13-17)38-27(34,35)25(29)30/h2-8,10,12-13,22,24-25,37H,9,11,14H2,1H3. The summed E-state index contributed by atoms with van der Waals surface area (Å²) in [7, 11) is 0. The van der Waals surface area contributed by atoms with Gasteiger partial charge in [0.15, 0.2) is 6.10 Å². The molecule has 1 heterocycles. The van der Waals surface area contributed by atoms with E-state index >= 15 is 0 Å². The zero-order chi connectivity index (χ0) is 27.8. The van der Waals surface area contributed by atoms with E-state index in [0.29, 0.717) is 17.1 Å². The van der Waals surface area contributed by atoms with Gasteiger partial charge in [-0.1, -0.05) is 41.9 Å². The van der Waals surface area contributed by atoms with Crippen LogP contribution in [0.5, 0.6) is 5.75 Å². The smallest absolute Gasteiger partial charge is 0.428 e. The molecule has 2 atom stereocenters. The summed E-state index contributed by atoms with van der Waals surface area (Å²) in [5, 5.41) is 10.5. The van der Waals surface area contributed by atoms with Crippen LogP contribution in [0.3, 0.4) is 0 Å². The van der Waals surface area contributed by atoms with Gasteiger partial charge in [-0.2, -0.15) is 30.7 Å². The van der Waals surface area contributed by atoms with Crippen molar-refractivity contribution < 1.29 is 40.6 Å². The number of alkyl halides is 7. The van der Waals surface area contributed by atoms with Crippen molar-refractivity contribution in [2.45, 2.75) is 50.6 Å². The minimum Gasteiger partial charge on any atom is -0.428 e. The van der Waals surface area contributed by atoms with Crippen molar-refractivity contribution in [2.75, 3.05) is 11.4 Å². The van der Waals surface area contributed by atoms with Crippen LogP contribution in [-0.2, 0) is 6.42 Å². The second-order valence-corrected chi connectivity index (χ2v) is 9.48. The van der Waals surface area contributed by atoms with Crippen LogP contribution in [-0.4, -0.2) is 36.5 Å². The highest BCUT2D eigenvalue weighted by Crippen LogP contribution is 2.44. The van der Waals surface area contributed by atoms with Crippen LogP contribution in [0.2, 0.25) is 5.02 Å². The third kappa shape index (κ3) is 5.86. The van der Waals surface area contributed by atoms with E-state index in [2.05, 4.69) is 4.74 Å². The Morgan fingerprint density at radius 2 is 1.74 bits per heavy atom. The normalized spacial score (nSPS) is 16.9. The summed E-state index contributed by atoms with van der Waals surface area (Å²) in [4.78, 5) is 1.37. The summed E-state index contributed by atoms with van der Waals surface area (Å²) in [6.45, 7) is 0.998. The molecule has 4 rings (SSSR count). The second kappa shape index (κ2) is 10.6. The Morgan fingerprint density at radius 1 is 1.03 bits per heavy atom. The van der Waals surface area contributed by atoms with Gasteiger partial charge < -0.3 is 14.7 Å². The Bertz CT molecular complexity index is 1300. The zero-order valence-corrected chi connectivity index (χ0v) is 20.7. The molecule has 204 valence electrons. The number of β-amino-alcohol motifs (C(OH)–C–C–N with tert-alkyl or cyclic N) is 1. The molecule has 0 amide bonds. The van der Waals surface area contributed by atoms with Crippen LogP contribution in [0.4, 0.5) is 36.4 Å². The molecule has 11 heteroatoms. The average Bonchev–Trinajstić information content (AvgIpc) is 2.84. The molecule has 1 N–H and O–H groups in total. The van der Waals surface area contributed by atoms with Crippen molar-refractivity contribution in [3.63, 3.8) is 0 Å². The number of rotatable bonds is 7. The lowest BCUT2D eigenvalue weighted by Gasteiger charge is -2.41. The molecule has 0 radical (unpaired) electrons. The van der Waals surface area contributed by atoms with Gasteiger partial charge in [0.2, 0.25) is 0 Å². The van der Waals surface area contributed by atoms with E-state index in [1.54, 1.807) is 24.3 Å². The second-order valence-electron chi connectivity index (χ2n) is 9.07. The van der Waals surface area contributed by atoms with Gasteiger partial charge in [-0.25, -0.2) is 0 Å². The third-order valence-electron chi connectivity index (χ3n) is 6.47. The highest BCUT2D eigenvalue weighted by molar-refractivity contribution is 6.31. The van der Waals surface area contributed by atoms with Crippen LogP contribution >= 0.6 is 11.6 Å². The van der Waals surface area contributed by atoms with Crippen molar-refractivity contribution in [1.29, 1.82) is 0 Å². The van der Waals surface area contributed by atoms with E-state index in [-0.39, 0.29) is 12.0 Å². The number of aliphatic hydroxyl groups is 1. The molecule has 38 heavy (non-hydrogen) atoms. The van der Waals surface area contributed by atoms with Gasteiger partial charge in [-0.15, -0.1) is 0 Å². The minimum absolute atomic E-state index is 0.260. The van der Waals surface area contributed by atoms with Crippen molar-refractivity contribution >= 4 is 17.3 Å². The average molecular weight is 562 g/mol. The van der Waals surface area contributed by atoms with Gasteiger partial charge >= 0.3 is 18.7 Å². The van der Waals surface area contributed by atoms with Crippen LogP contribution in [0, 0.1) is 6.92 Å². The molecule has 1 aliphatic rings. The van der Waals surface area contributed by atoms with Crippen LogP contribution in [0.25, 0.3) is 11.1 Å². The maximum atomic E-state index is 13.5. The van der Waals surface area contributed by atoms with Crippen molar-refractivity contribution in [3.8, 4) is 16.9 Å².